The lowest BCUT2D eigenvalue weighted by Gasteiger charge is -2.22. The third-order valence-electron chi connectivity index (χ3n) is 2.53. The Morgan fingerprint density at radius 3 is 2.13 bits per heavy atom. The summed E-state index contributed by atoms with van der Waals surface area (Å²) in [4.78, 5) is 0. The molecule has 0 atom stereocenters. The lowest BCUT2D eigenvalue weighted by molar-refractivity contribution is 0.225. The highest BCUT2D eigenvalue weighted by molar-refractivity contribution is 6.61. The summed E-state index contributed by atoms with van der Waals surface area (Å²) in [6.45, 7) is 5.02. The minimum absolute atomic E-state index is 0.0644. The van der Waals surface area contributed by atoms with Crippen LogP contribution in [0.4, 0.5) is 4.39 Å². The number of hydrogen-bond acceptors (Lipinski definition) is 2. The molecule has 0 aliphatic heterocycles. The van der Waals surface area contributed by atoms with E-state index in [1.165, 1.54) is 0 Å². The van der Waals surface area contributed by atoms with Crippen LogP contribution in [0, 0.1) is 5.82 Å². The van der Waals surface area contributed by atoms with Crippen molar-refractivity contribution in [2.75, 3.05) is 13.2 Å². The van der Waals surface area contributed by atoms with E-state index in [-0.39, 0.29) is 12.9 Å². The van der Waals surface area contributed by atoms with Crippen LogP contribution < -0.4 is 5.46 Å². The third-order valence-corrected chi connectivity index (χ3v) is 2.53. The highest BCUT2D eigenvalue weighted by Crippen LogP contribution is 2.25. The quantitative estimate of drug-likeness (QED) is 0.693. The Balaban J connectivity index is 2.17. The number of benzene rings is 1. The number of hydrogen-bond donors (Lipinski definition) is 0. The van der Waals surface area contributed by atoms with E-state index in [1.807, 2.05) is 26.0 Å². The normalized spacial score (nSPS) is 12.5. The molecule has 0 heterocycles. The van der Waals surface area contributed by atoms with Gasteiger partial charge in [-0.2, -0.15) is 0 Å². The Morgan fingerprint density at radius 1 is 1.20 bits per heavy atom. The standard InChI is InChI=1S/C11H14BFO2/c1-3-14-12(15-4-2)10-6-8-5-9(7-10)11(8)13/h6-7H,3-5H2,1-2H3. The second-order valence-corrected chi connectivity index (χ2v) is 3.57. The molecular weight excluding hydrogens is 194 g/mol. The van der Waals surface area contributed by atoms with Crippen LogP contribution in [0.15, 0.2) is 12.1 Å². The van der Waals surface area contributed by atoms with Crippen LogP contribution in [0.5, 0.6) is 0 Å². The largest absolute Gasteiger partial charge is 0.493 e. The highest BCUT2D eigenvalue weighted by atomic mass is 19.1. The molecule has 0 spiro atoms. The maximum Gasteiger partial charge on any atom is 0.493 e. The summed E-state index contributed by atoms with van der Waals surface area (Å²) in [5, 5.41) is 0. The van der Waals surface area contributed by atoms with Crippen molar-refractivity contribution in [3.05, 3.63) is 29.1 Å². The number of halogens is 1. The Morgan fingerprint density at radius 2 is 1.73 bits per heavy atom. The molecule has 1 aromatic carbocycles. The van der Waals surface area contributed by atoms with E-state index in [0.29, 0.717) is 13.2 Å². The van der Waals surface area contributed by atoms with Crippen molar-refractivity contribution in [2.24, 2.45) is 0 Å². The first-order valence-electron chi connectivity index (χ1n) is 5.30. The molecule has 80 valence electrons. The van der Waals surface area contributed by atoms with Gasteiger partial charge in [-0.15, -0.1) is 0 Å². The topological polar surface area (TPSA) is 18.5 Å². The van der Waals surface area contributed by atoms with Gasteiger partial charge in [-0.25, -0.2) is 4.39 Å². The van der Waals surface area contributed by atoms with Gasteiger partial charge in [0.25, 0.3) is 0 Å². The zero-order valence-corrected chi connectivity index (χ0v) is 9.05. The molecule has 2 aliphatic rings. The highest BCUT2D eigenvalue weighted by Gasteiger charge is 2.27. The fraction of sp³-hybridized carbons (Fsp3) is 0.455. The summed E-state index contributed by atoms with van der Waals surface area (Å²) < 4.78 is 24.0. The molecule has 0 aromatic heterocycles. The minimum atomic E-state index is -0.349. The molecule has 0 N–H and O–H groups in total. The van der Waals surface area contributed by atoms with Gasteiger partial charge in [0.1, 0.15) is 5.82 Å². The summed E-state index contributed by atoms with van der Waals surface area (Å²) >= 11 is 0. The average molecular weight is 208 g/mol. The van der Waals surface area contributed by atoms with Crippen LogP contribution in [0.2, 0.25) is 0 Å². The number of rotatable bonds is 5. The van der Waals surface area contributed by atoms with Gasteiger partial charge in [0, 0.05) is 19.6 Å². The van der Waals surface area contributed by atoms with E-state index >= 15 is 0 Å². The molecule has 0 unspecified atom stereocenters. The second kappa shape index (κ2) is 4.33. The van der Waals surface area contributed by atoms with Gasteiger partial charge in [0.2, 0.25) is 0 Å². The lowest BCUT2D eigenvalue weighted by Crippen LogP contribution is -2.39. The van der Waals surface area contributed by atoms with Crippen molar-refractivity contribution < 1.29 is 13.7 Å². The molecule has 2 nitrogen and oxygen atoms in total. The van der Waals surface area contributed by atoms with Gasteiger partial charge in [0.15, 0.2) is 0 Å². The molecule has 1 aromatic rings. The first kappa shape index (κ1) is 10.6. The zero-order chi connectivity index (χ0) is 10.8. The Hall–Kier alpha value is -0.865. The van der Waals surface area contributed by atoms with Crippen LogP contribution in [0.1, 0.15) is 25.0 Å². The summed E-state index contributed by atoms with van der Waals surface area (Å²) in [6, 6.07) is 3.66. The van der Waals surface area contributed by atoms with Crippen LogP contribution in [0.25, 0.3) is 0 Å². The third kappa shape index (κ3) is 1.92. The summed E-state index contributed by atoms with van der Waals surface area (Å²) in [7, 11) is -0.349. The average Bonchev–Trinajstić information content (AvgIpc) is 2.28. The molecule has 4 heteroatoms. The molecule has 0 fully saturated rings. The fourth-order valence-electron chi connectivity index (χ4n) is 1.81. The molecule has 0 radical (unpaired) electrons. The molecule has 0 saturated carbocycles. The molecule has 15 heavy (non-hydrogen) atoms. The maximum absolute atomic E-state index is 13.1. The molecule has 0 saturated heterocycles. The van der Waals surface area contributed by atoms with Crippen LogP contribution in [0.3, 0.4) is 0 Å². The Bertz CT molecular complexity index is 339. The van der Waals surface area contributed by atoms with Gasteiger partial charge in [-0.1, -0.05) is 12.1 Å². The van der Waals surface area contributed by atoms with Gasteiger partial charge in [0.05, 0.1) is 0 Å². The number of fused-ring (bicyclic) bond motifs is 2. The van der Waals surface area contributed by atoms with Gasteiger partial charge in [-0.3, -0.25) is 0 Å². The van der Waals surface area contributed by atoms with Crippen molar-refractivity contribution >= 4 is 12.6 Å². The first-order valence-corrected chi connectivity index (χ1v) is 5.30. The van der Waals surface area contributed by atoms with Gasteiger partial charge >= 0.3 is 7.12 Å². The maximum atomic E-state index is 13.1. The fourth-order valence-corrected chi connectivity index (χ4v) is 1.81. The van der Waals surface area contributed by atoms with Gasteiger partial charge in [-0.05, 0) is 30.4 Å². The van der Waals surface area contributed by atoms with E-state index in [4.69, 9.17) is 9.31 Å². The summed E-state index contributed by atoms with van der Waals surface area (Å²) in [6.07, 6.45) is 0.750. The zero-order valence-electron chi connectivity index (χ0n) is 9.05. The summed E-state index contributed by atoms with van der Waals surface area (Å²) in [5.41, 5.74) is 2.47. The lowest BCUT2D eigenvalue weighted by atomic mass is 9.73. The first-order chi connectivity index (χ1) is 7.26. The van der Waals surface area contributed by atoms with Crippen molar-refractivity contribution in [3.63, 3.8) is 0 Å². The SMILES string of the molecule is CCOB(OCC)c1cc2c(F)c(c1)C2. The van der Waals surface area contributed by atoms with Crippen molar-refractivity contribution in [1.29, 1.82) is 0 Å². The Labute approximate surface area is 89.5 Å². The molecule has 2 bridgehead atoms. The van der Waals surface area contributed by atoms with E-state index < -0.39 is 0 Å². The van der Waals surface area contributed by atoms with Crippen LogP contribution in [-0.4, -0.2) is 20.3 Å². The monoisotopic (exact) mass is 208 g/mol. The van der Waals surface area contributed by atoms with Crippen LogP contribution >= 0.6 is 0 Å². The van der Waals surface area contributed by atoms with E-state index in [9.17, 15) is 4.39 Å². The molecule has 2 aliphatic carbocycles. The van der Waals surface area contributed by atoms with Gasteiger partial charge < -0.3 is 9.31 Å². The van der Waals surface area contributed by atoms with Crippen molar-refractivity contribution in [3.8, 4) is 0 Å². The van der Waals surface area contributed by atoms with E-state index in [1.54, 1.807) is 0 Å². The molecule has 0 amide bonds. The van der Waals surface area contributed by atoms with Crippen molar-refractivity contribution in [1.82, 2.24) is 0 Å². The minimum Gasteiger partial charge on any atom is -0.408 e. The summed E-state index contributed by atoms with van der Waals surface area (Å²) in [5.74, 6) is -0.0644. The predicted octanol–water partition coefficient (Wildman–Crippen LogP) is 1.50. The van der Waals surface area contributed by atoms with E-state index in [2.05, 4.69) is 0 Å². The second-order valence-electron chi connectivity index (χ2n) is 3.57. The smallest absolute Gasteiger partial charge is 0.408 e. The van der Waals surface area contributed by atoms with E-state index in [0.717, 1.165) is 23.0 Å². The van der Waals surface area contributed by atoms with Crippen molar-refractivity contribution in [2.45, 2.75) is 20.3 Å². The molecule has 3 rings (SSSR count). The predicted molar refractivity (Wildman–Crippen MR) is 57.8 cm³/mol. The van der Waals surface area contributed by atoms with Crippen LogP contribution in [-0.2, 0) is 15.7 Å². The molecular formula is C11H14BFO2. The Kier molecular flexibility index (Phi) is 3.07.